The van der Waals surface area contributed by atoms with Crippen LogP contribution in [-0.4, -0.2) is 4.57 Å². The molecule has 3 aromatic rings. The maximum absolute atomic E-state index is 2.50. The van der Waals surface area contributed by atoms with Crippen LogP contribution in [0.5, 0.6) is 0 Å². The highest BCUT2D eigenvalue weighted by Gasteiger charge is 2.18. The lowest BCUT2D eigenvalue weighted by Gasteiger charge is -2.07. The number of rotatable bonds is 21. The number of benzene rings is 2. The molecule has 2 nitrogen and oxygen atoms in total. The van der Waals surface area contributed by atoms with Gasteiger partial charge in [0.1, 0.15) is 18.9 Å². The molecule has 0 unspecified atom stereocenters. The molecule has 202 valence electrons. The molecular weight excluding hydrogens is 448 g/mol. The molecule has 1 heterocycles. The summed E-state index contributed by atoms with van der Waals surface area (Å²) >= 11 is 0. The average molecular weight is 502 g/mol. The first-order chi connectivity index (χ1) is 18.4. The van der Waals surface area contributed by atoms with E-state index in [0.29, 0.717) is 0 Å². The van der Waals surface area contributed by atoms with E-state index in [1.165, 1.54) is 120 Å². The maximum atomic E-state index is 2.50. The van der Waals surface area contributed by atoms with Crippen molar-refractivity contribution in [3.8, 4) is 0 Å². The van der Waals surface area contributed by atoms with Crippen molar-refractivity contribution >= 4 is 0 Å². The van der Waals surface area contributed by atoms with E-state index in [2.05, 4.69) is 89.1 Å². The fourth-order valence-electron chi connectivity index (χ4n) is 5.44. The lowest BCUT2D eigenvalue weighted by molar-refractivity contribution is -0.703. The predicted octanol–water partition coefficient (Wildman–Crippen LogP) is 9.68. The molecule has 0 amide bonds. The van der Waals surface area contributed by atoms with Crippen LogP contribution >= 0.6 is 0 Å². The van der Waals surface area contributed by atoms with Crippen LogP contribution in [0.15, 0.2) is 73.1 Å². The van der Waals surface area contributed by atoms with Gasteiger partial charge in [0.25, 0.3) is 5.82 Å². The molecule has 0 radical (unpaired) electrons. The van der Waals surface area contributed by atoms with Crippen molar-refractivity contribution in [3.05, 3.63) is 90.0 Å². The van der Waals surface area contributed by atoms with Crippen molar-refractivity contribution in [2.75, 3.05) is 0 Å². The minimum Gasteiger partial charge on any atom is -0.234 e. The first-order valence-electron chi connectivity index (χ1n) is 15.5. The number of imidazole rings is 1. The Morgan fingerprint density at radius 3 is 1.51 bits per heavy atom. The van der Waals surface area contributed by atoms with Crippen molar-refractivity contribution in [3.63, 3.8) is 0 Å². The van der Waals surface area contributed by atoms with Crippen LogP contribution in [0.4, 0.5) is 0 Å². The quantitative estimate of drug-likeness (QED) is 0.101. The third-order valence-corrected chi connectivity index (χ3v) is 7.74. The monoisotopic (exact) mass is 501 g/mol. The predicted molar refractivity (Wildman–Crippen MR) is 159 cm³/mol. The van der Waals surface area contributed by atoms with Crippen LogP contribution in [0, 0.1) is 0 Å². The van der Waals surface area contributed by atoms with Gasteiger partial charge in [0.05, 0.1) is 13.0 Å². The summed E-state index contributed by atoms with van der Waals surface area (Å²) in [5.41, 5.74) is 2.75. The van der Waals surface area contributed by atoms with Gasteiger partial charge in [-0.15, -0.1) is 0 Å². The SMILES string of the molecule is CCCCCCCCCCCCCCCCCC[n+]1ccn(Cc2ccccc2)c1Cc1ccccc1. The Kier molecular flexibility index (Phi) is 14.9. The smallest absolute Gasteiger partial charge is 0.234 e. The zero-order chi connectivity index (χ0) is 25.8. The lowest BCUT2D eigenvalue weighted by atomic mass is 10.0. The van der Waals surface area contributed by atoms with Crippen LogP contribution < -0.4 is 4.57 Å². The normalized spacial score (nSPS) is 11.3. The third kappa shape index (κ3) is 12.2. The molecule has 2 heteroatoms. The van der Waals surface area contributed by atoms with E-state index in [4.69, 9.17) is 0 Å². The Balaban J connectivity index is 1.29. The van der Waals surface area contributed by atoms with Gasteiger partial charge >= 0.3 is 0 Å². The molecule has 2 aromatic carbocycles. The van der Waals surface area contributed by atoms with Crippen molar-refractivity contribution in [1.29, 1.82) is 0 Å². The van der Waals surface area contributed by atoms with E-state index in [1.807, 2.05) is 0 Å². The van der Waals surface area contributed by atoms with Gasteiger partial charge in [-0.1, -0.05) is 157 Å². The van der Waals surface area contributed by atoms with Crippen LogP contribution in [0.1, 0.15) is 127 Å². The van der Waals surface area contributed by atoms with E-state index < -0.39 is 0 Å². The van der Waals surface area contributed by atoms with E-state index in [1.54, 1.807) is 0 Å². The van der Waals surface area contributed by atoms with Crippen molar-refractivity contribution in [1.82, 2.24) is 4.57 Å². The molecule has 0 aliphatic carbocycles. The Labute approximate surface area is 228 Å². The number of aromatic nitrogens is 2. The van der Waals surface area contributed by atoms with E-state index in [9.17, 15) is 0 Å². The molecule has 0 bridgehead atoms. The summed E-state index contributed by atoms with van der Waals surface area (Å²) in [6, 6.07) is 21.7. The summed E-state index contributed by atoms with van der Waals surface area (Å²) in [6.45, 7) is 4.37. The zero-order valence-electron chi connectivity index (χ0n) is 23.8. The van der Waals surface area contributed by atoms with Gasteiger partial charge in [-0.05, 0) is 24.0 Å². The molecular formula is C35H53N2+. The fourth-order valence-corrected chi connectivity index (χ4v) is 5.44. The number of unbranched alkanes of at least 4 members (excludes halogenated alkanes) is 15. The summed E-state index contributed by atoms with van der Waals surface area (Å²) < 4.78 is 4.94. The second-order valence-corrected chi connectivity index (χ2v) is 11.0. The Morgan fingerprint density at radius 2 is 1.00 bits per heavy atom. The zero-order valence-corrected chi connectivity index (χ0v) is 23.8. The molecule has 1 aromatic heterocycles. The van der Waals surface area contributed by atoms with Gasteiger partial charge in [-0.2, -0.15) is 0 Å². The molecule has 0 N–H and O–H groups in total. The molecule has 0 aliphatic heterocycles. The Morgan fingerprint density at radius 1 is 0.541 bits per heavy atom. The first-order valence-corrected chi connectivity index (χ1v) is 15.5. The number of hydrogen-bond acceptors (Lipinski definition) is 0. The molecule has 37 heavy (non-hydrogen) atoms. The van der Waals surface area contributed by atoms with E-state index in [0.717, 1.165) is 19.5 Å². The third-order valence-electron chi connectivity index (χ3n) is 7.74. The number of aryl methyl sites for hydroxylation is 1. The van der Waals surface area contributed by atoms with Crippen LogP contribution in [0.3, 0.4) is 0 Å². The highest BCUT2D eigenvalue weighted by molar-refractivity contribution is 5.19. The Bertz CT molecular complexity index is 928. The van der Waals surface area contributed by atoms with Crippen LogP contribution in [0.25, 0.3) is 0 Å². The number of nitrogens with zero attached hydrogens (tertiary/aromatic N) is 2. The van der Waals surface area contributed by atoms with Gasteiger partial charge in [0.15, 0.2) is 0 Å². The molecule has 3 rings (SSSR count). The molecule has 0 saturated heterocycles. The standard InChI is InChI=1S/C35H53N2/c1-2-3-4-5-6-7-8-9-10-11-12-13-14-15-16-23-28-36-29-30-37(32-34-26-21-18-22-27-34)35(36)31-33-24-19-17-20-25-33/h17-22,24-27,29-30H,2-16,23,28,31-32H2,1H3/q+1. The first kappa shape index (κ1) is 29.2. The van der Waals surface area contributed by atoms with E-state index in [-0.39, 0.29) is 0 Å². The second-order valence-electron chi connectivity index (χ2n) is 11.0. The topological polar surface area (TPSA) is 8.81 Å². The van der Waals surface area contributed by atoms with Gasteiger partial charge in [-0.3, -0.25) is 0 Å². The molecule has 0 aliphatic rings. The van der Waals surface area contributed by atoms with E-state index >= 15 is 0 Å². The summed E-state index contributed by atoms with van der Waals surface area (Å²) in [7, 11) is 0. The van der Waals surface area contributed by atoms with Crippen molar-refractivity contribution in [2.24, 2.45) is 0 Å². The molecule has 0 atom stereocenters. The molecule has 0 fully saturated rings. The van der Waals surface area contributed by atoms with Gasteiger partial charge in [0.2, 0.25) is 0 Å². The van der Waals surface area contributed by atoms with Gasteiger partial charge in [-0.25, -0.2) is 9.13 Å². The minimum absolute atomic E-state index is 0.939. The summed E-state index contributed by atoms with van der Waals surface area (Å²) in [5.74, 6) is 1.41. The number of hydrogen-bond donors (Lipinski definition) is 0. The largest absolute Gasteiger partial charge is 0.261 e. The summed E-state index contributed by atoms with van der Waals surface area (Å²) in [6.07, 6.45) is 28.3. The highest BCUT2D eigenvalue weighted by atomic mass is 15.1. The summed E-state index contributed by atoms with van der Waals surface area (Å²) in [4.78, 5) is 0. The van der Waals surface area contributed by atoms with Gasteiger partial charge < -0.3 is 0 Å². The van der Waals surface area contributed by atoms with Gasteiger partial charge in [0, 0.05) is 0 Å². The van der Waals surface area contributed by atoms with Crippen LogP contribution in [0.2, 0.25) is 0 Å². The average Bonchev–Trinajstić information content (AvgIpc) is 3.30. The highest BCUT2D eigenvalue weighted by Crippen LogP contribution is 2.14. The minimum atomic E-state index is 0.939. The second kappa shape index (κ2) is 18.8. The van der Waals surface area contributed by atoms with Crippen LogP contribution in [-0.2, 0) is 19.5 Å². The Hall–Kier alpha value is -2.35. The summed E-state index contributed by atoms with van der Waals surface area (Å²) in [5, 5.41) is 0. The maximum Gasteiger partial charge on any atom is 0.261 e. The molecule has 0 spiro atoms. The van der Waals surface area contributed by atoms with Crippen molar-refractivity contribution in [2.45, 2.75) is 129 Å². The molecule has 0 saturated carbocycles. The fraction of sp³-hybridized carbons (Fsp3) is 0.571. The van der Waals surface area contributed by atoms with Crippen molar-refractivity contribution < 1.29 is 4.57 Å². The lowest BCUT2D eigenvalue weighted by Crippen LogP contribution is -2.37.